The zero-order valence-corrected chi connectivity index (χ0v) is 6.47. The molecule has 0 aromatic heterocycles. The molecule has 3 nitrogen and oxygen atoms in total. The van der Waals surface area contributed by atoms with Crippen LogP contribution < -0.4 is 5.32 Å². The van der Waals surface area contributed by atoms with Gasteiger partial charge in [0.25, 0.3) is 0 Å². The second-order valence-electron chi connectivity index (χ2n) is 2.46. The summed E-state index contributed by atoms with van der Waals surface area (Å²) in [5.41, 5.74) is 0.705. The fourth-order valence-electron chi connectivity index (χ4n) is 1.13. The third-order valence-electron chi connectivity index (χ3n) is 1.70. The first kappa shape index (κ1) is 8.05. The van der Waals surface area contributed by atoms with Gasteiger partial charge < -0.3 is 10.2 Å². The Morgan fingerprint density at radius 1 is 1.82 bits per heavy atom. The van der Waals surface area contributed by atoms with Crippen molar-refractivity contribution in [3.8, 4) is 0 Å². The van der Waals surface area contributed by atoms with E-state index in [-0.39, 0.29) is 0 Å². The molecule has 0 aromatic carbocycles. The van der Waals surface area contributed by atoms with E-state index in [0.717, 1.165) is 19.6 Å². The quantitative estimate of drug-likeness (QED) is 0.439. The highest BCUT2D eigenvalue weighted by atomic mass is 16.1. The number of hydrogen-bond acceptors (Lipinski definition) is 3. The van der Waals surface area contributed by atoms with Crippen LogP contribution in [0.3, 0.4) is 0 Å². The maximum Gasteiger partial charge on any atom is 0.147 e. The number of nitrogens with zero attached hydrogens (tertiary/aromatic N) is 1. The first-order valence-corrected chi connectivity index (χ1v) is 3.69. The van der Waals surface area contributed by atoms with E-state index in [1.165, 1.54) is 0 Å². The topological polar surface area (TPSA) is 32.3 Å². The van der Waals surface area contributed by atoms with E-state index in [2.05, 4.69) is 11.9 Å². The SMILES string of the molecule is C=CCN1CCNCC1=C=O. The highest BCUT2D eigenvalue weighted by molar-refractivity contribution is 5.52. The lowest BCUT2D eigenvalue weighted by atomic mass is 10.3. The third kappa shape index (κ3) is 1.93. The highest BCUT2D eigenvalue weighted by Crippen LogP contribution is 2.02. The molecule has 0 saturated carbocycles. The third-order valence-corrected chi connectivity index (χ3v) is 1.70. The Hall–Kier alpha value is -1.05. The van der Waals surface area contributed by atoms with Crippen molar-refractivity contribution in [3.63, 3.8) is 0 Å². The van der Waals surface area contributed by atoms with Crippen molar-refractivity contribution in [2.75, 3.05) is 26.2 Å². The van der Waals surface area contributed by atoms with Crippen molar-refractivity contribution in [1.82, 2.24) is 10.2 Å². The average molecular weight is 152 g/mol. The molecule has 0 aliphatic carbocycles. The van der Waals surface area contributed by atoms with Crippen molar-refractivity contribution in [2.24, 2.45) is 0 Å². The monoisotopic (exact) mass is 152 g/mol. The molecule has 1 rings (SSSR count). The molecule has 0 unspecified atom stereocenters. The van der Waals surface area contributed by atoms with Gasteiger partial charge in [0.15, 0.2) is 0 Å². The van der Waals surface area contributed by atoms with E-state index in [0.29, 0.717) is 12.2 Å². The Bertz CT molecular complexity index is 194. The van der Waals surface area contributed by atoms with E-state index in [9.17, 15) is 4.79 Å². The van der Waals surface area contributed by atoms with Gasteiger partial charge in [0.05, 0.1) is 0 Å². The normalized spacial score (nSPS) is 17.8. The van der Waals surface area contributed by atoms with Crippen LogP contribution in [0.15, 0.2) is 18.4 Å². The average Bonchev–Trinajstić information content (AvgIpc) is 2.06. The molecule has 0 aromatic rings. The van der Waals surface area contributed by atoms with E-state index in [4.69, 9.17) is 0 Å². The minimum absolute atomic E-state index is 0.636. The van der Waals surface area contributed by atoms with Crippen molar-refractivity contribution >= 4 is 5.94 Å². The lowest BCUT2D eigenvalue weighted by molar-refractivity contribution is 0.331. The molecule has 1 aliphatic heterocycles. The minimum Gasteiger partial charge on any atom is -0.360 e. The summed E-state index contributed by atoms with van der Waals surface area (Å²) in [5, 5.41) is 3.10. The molecule has 0 amide bonds. The lowest BCUT2D eigenvalue weighted by Gasteiger charge is -2.28. The molecule has 0 atom stereocenters. The number of piperazine rings is 1. The maximum absolute atomic E-state index is 10.4. The number of rotatable bonds is 2. The van der Waals surface area contributed by atoms with Gasteiger partial charge in [-0.15, -0.1) is 6.58 Å². The van der Waals surface area contributed by atoms with Gasteiger partial charge in [0.1, 0.15) is 11.6 Å². The smallest absolute Gasteiger partial charge is 0.147 e. The van der Waals surface area contributed by atoms with Crippen LogP contribution in [-0.4, -0.2) is 37.0 Å². The van der Waals surface area contributed by atoms with Crippen LogP contribution in [0.4, 0.5) is 0 Å². The van der Waals surface area contributed by atoms with Gasteiger partial charge in [-0.1, -0.05) is 6.08 Å². The number of carbonyl (C=O) groups excluding carboxylic acids is 1. The van der Waals surface area contributed by atoms with E-state index >= 15 is 0 Å². The summed E-state index contributed by atoms with van der Waals surface area (Å²) in [6.07, 6.45) is 1.79. The van der Waals surface area contributed by atoms with Gasteiger partial charge >= 0.3 is 0 Å². The fourth-order valence-corrected chi connectivity index (χ4v) is 1.13. The summed E-state index contributed by atoms with van der Waals surface area (Å²) in [7, 11) is 0. The Morgan fingerprint density at radius 2 is 2.64 bits per heavy atom. The molecule has 1 saturated heterocycles. The largest absolute Gasteiger partial charge is 0.360 e. The van der Waals surface area contributed by atoms with Crippen LogP contribution >= 0.6 is 0 Å². The van der Waals surface area contributed by atoms with Crippen LogP contribution in [0.2, 0.25) is 0 Å². The summed E-state index contributed by atoms with van der Waals surface area (Å²) in [6, 6.07) is 0. The summed E-state index contributed by atoms with van der Waals surface area (Å²) in [4.78, 5) is 12.3. The van der Waals surface area contributed by atoms with Gasteiger partial charge in [0, 0.05) is 26.2 Å². The van der Waals surface area contributed by atoms with Gasteiger partial charge in [-0.3, -0.25) is 0 Å². The van der Waals surface area contributed by atoms with Crippen LogP contribution in [0.25, 0.3) is 0 Å². The molecule has 1 N–H and O–H groups in total. The van der Waals surface area contributed by atoms with Gasteiger partial charge in [0.2, 0.25) is 0 Å². The standard InChI is InChI=1S/C8H12N2O/c1-2-4-10-5-3-9-6-8(10)7-11/h2,9H,1,3-6H2. The second kappa shape index (κ2) is 3.96. The Labute approximate surface area is 66.4 Å². The second-order valence-corrected chi connectivity index (χ2v) is 2.46. The van der Waals surface area contributed by atoms with E-state index < -0.39 is 0 Å². The summed E-state index contributed by atoms with van der Waals surface area (Å²) < 4.78 is 0. The summed E-state index contributed by atoms with van der Waals surface area (Å²) in [5.74, 6) is 1.92. The van der Waals surface area contributed by atoms with Gasteiger partial charge in [-0.05, 0) is 0 Å². The predicted molar refractivity (Wildman–Crippen MR) is 43.8 cm³/mol. The minimum atomic E-state index is 0.636. The molecule has 3 heteroatoms. The van der Waals surface area contributed by atoms with Gasteiger partial charge in [-0.25, -0.2) is 4.79 Å². The maximum atomic E-state index is 10.4. The molecular formula is C8H12N2O. The van der Waals surface area contributed by atoms with Crippen molar-refractivity contribution < 1.29 is 4.79 Å². The Kier molecular flexibility index (Phi) is 2.90. The molecule has 1 aliphatic rings. The predicted octanol–water partition coefficient (Wildman–Crippen LogP) is -0.207. The van der Waals surface area contributed by atoms with Crippen molar-refractivity contribution in [3.05, 3.63) is 18.4 Å². The van der Waals surface area contributed by atoms with E-state index in [1.807, 2.05) is 10.8 Å². The van der Waals surface area contributed by atoms with Crippen molar-refractivity contribution in [2.45, 2.75) is 0 Å². The molecule has 0 spiro atoms. The van der Waals surface area contributed by atoms with Crippen LogP contribution in [0.5, 0.6) is 0 Å². The van der Waals surface area contributed by atoms with Crippen LogP contribution in [-0.2, 0) is 4.79 Å². The highest BCUT2D eigenvalue weighted by Gasteiger charge is 2.12. The van der Waals surface area contributed by atoms with Gasteiger partial charge in [-0.2, -0.15) is 0 Å². The van der Waals surface area contributed by atoms with E-state index in [1.54, 1.807) is 6.08 Å². The molecule has 1 heterocycles. The molecule has 11 heavy (non-hydrogen) atoms. The molecule has 0 radical (unpaired) electrons. The Morgan fingerprint density at radius 3 is 3.27 bits per heavy atom. The van der Waals surface area contributed by atoms with Crippen LogP contribution in [0, 0.1) is 0 Å². The summed E-state index contributed by atoms with van der Waals surface area (Å²) in [6.45, 7) is 6.80. The molecule has 1 fully saturated rings. The molecule has 0 bridgehead atoms. The lowest BCUT2D eigenvalue weighted by Crippen LogP contribution is -2.41. The fraction of sp³-hybridized carbons (Fsp3) is 0.500. The zero-order chi connectivity index (χ0) is 8.10. The zero-order valence-electron chi connectivity index (χ0n) is 6.47. The first-order chi connectivity index (χ1) is 5.38. The first-order valence-electron chi connectivity index (χ1n) is 3.69. The number of nitrogens with one attached hydrogen (secondary N) is 1. The summed E-state index contributed by atoms with van der Waals surface area (Å²) >= 11 is 0. The van der Waals surface area contributed by atoms with Crippen LogP contribution in [0.1, 0.15) is 0 Å². The number of hydrogen-bond donors (Lipinski definition) is 1. The Balaban J connectivity index is 2.58. The van der Waals surface area contributed by atoms with Crippen molar-refractivity contribution in [1.29, 1.82) is 0 Å². The molecule has 60 valence electrons. The molecular weight excluding hydrogens is 140 g/mol.